The van der Waals surface area contributed by atoms with Gasteiger partial charge in [0.2, 0.25) is 0 Å². The molecule has 0 saturated carbocycles. The van der Waals surface area contributed by atoms with Gasteiger partial charge < -0.3 is 14.8 Å². The minimum Gasteiger partial charge on any atom is -0.458 e. The summed E-state index contributed by atoms with van der Waals surface area (Å²) in [6, 6.07) is -1.82. The van der Waals surface area contributed by atoms with Crippen LogP contribution >= 0.6 is 0 Å². The Kier molecular flexibility index (Phi) is 6.11. The summed E-state index contributed by atoms with van der Waals surface area (Å²) in [6.45, 7) is 6.02. The van der Waals surface area contributed by atoms with Crippen molar-refractivity contribution >= 4 is 12.1 Å². The highest BCUT2D eigenvalue weighted by atomic mass is 19.4. The predicted octanol–water partition coefficient (Wildman–Crippen LogP) is 2.40. The van der Waals surface area contributed by atoms with Gasteiger partial charge in [0, 0.05) is 0 Å². The van der Waals surface area contributed by atoms with Crippen LogP contribution < -0.4 is 5.32 Å². The Morgan fingerprint density at radius 3 is 2.11 bits per heavy atom. The van der Waals surface area contributed by atoms with Crippen molar-refractivity contribution in [1.82, 2.24) is 5.32 Å². The first-order valence-electron chi connectivity index (χ1n) is 5.67. The average Bonchev–Trinajstić information content (AvgIpc) is 2.11. The summed E-state index contributed by atoms with van der Waals surface area (Å²) in [5.41, 5.74) is -0.947. The van der Waals surface area contributed by atoms with Crippen LogP contribution in [0.25, 0.3) is 0 Å². The zero-order valence-electron chi connectivity index (χ0n) is 11.3. The van der Waals surface area contributed by atoms with Gasteiger partial charge in [-0.3, -0.25) is 0 Å². The predicted molar refractivity (Wildman–Crippen MR) is 60.5 cm³/mol. The highest BCUT2D eigenvalue weighted by Gasteiger charge is 2.38. The molecule has 1 amide bonds. The van der Waals surface area contributed by atoms with Gasteiger partial charge in [-0.2, -0.15) is 13.2 Å². The van der Waals surface area contributed by atoms with E-state index in [-0.39, 0.29) is 6.61 Å². The standard InChI is InChI=1S/C11H18F3NO4/c1-5-18-9(17)15-7(6-11(12,13)14)8(16)19-10(2,3)4/h7H,5-6H2,1-4H3,(H,15,17). The van der Waals surface area contributed by atoms with Gasteiger partial charge >= 0.3 is 18.2 Å². The summed E-state index contributed by atoms with van der Waals surface area (Å²) in [5.74, 6) is -1.15. The number of hydrogen-bond donors (Lipinski definition) is 1. The molecule has 0 radical (unpaired) electrons. The zero-order chi connectivity index (χ0) is 15.3. The number of alkyl halides is 3. The van der Waals surface area contributed by atoms with Crippen LogP contribution in [0, 0.1) is 0 Å². The number of nitrogens with one attached hydrogen (secondary N) is 1. The van der Waals surface area contributed by atoms with Crippen LogP contribution in [0.2, 0.25) is 0 Å². The maximum absolute atomic E-state index is 12.3. The van der Waals surface area contributed by atoms with Crippen molar-refractivity contribution in [2.24, 2.45) is 0 Å². The fourth-order valence-corrected chi connectivity index (χ4v) is 1.11. The van der Waals surface area contributed by atoms with E-state index in [4.69, 9.17) is 4.74 Å². The molecule has 1 unspecified atom stereocenters. The van der Waals surface area contributed by atoms with Crippen LogP contribution in [0.4, 0.5) is 18.0 Å². The van der Waals surface area contributed by atoms with Gasteiger partial charge in [-0.15, -0.1) is 0 Å². The third kappa shape index (κ3) is 9.15. The molecular weight excluding hydrogens is 267 g/mol. The molecular formula is C11H18F3NO4. The molecule has 0 bridgehead atoms. The van der Waals surface area contributed by atoms with Gasteiger partial charge in [0.25, 0.3) is 0 Å². The number of ether oxygens (including phenoxy) is 2. The molecule has 0 saturated heterocycles. The Bertz CT molecular complexity index is 323. The lowest BCUT2D eigenvalue weighted by atomic mass is 10.1. The number of carbonyl (C=O) groups excluding carboxylic acids is 2. The van der Waals surface area contributed by atoms with Crippen molar-refractivity contribution in [1.29, 1.82) is 0 Å². The SMILES string of the molecule is CCOC(=O)NC(CC(F)(F)F)C(=O)OC(C)(C)C. The van der Waals surface area contributed by atoms with Crippen LogP contribution in [0.5, 0.6) is 0 Å². The van der Waals surface area contributed by atoms with Gasteiger partial charge in [0.05, 0.1) is 13.0 Å². The van der Waals surface area contributed by atoms with Gasteiger partial charge in [0.15, 0.2) is 0 Å². The molecule has 0 rings (SSSR count). The Labute approximate surface area is 109 Å². The van der Waals surface area contributed by atoms with E-state index in [1.54, 1.807) is 0 Å². The smallest absolute Gasteiger partial charge is 0.407 e. The second-order valence-electron chi connectivity index (χ2n) is 4.77. The topological polar surface area (TPSA) is 64.6 Å². The molecule has 1 atom stereocenters. The maximum atomic E-state index is 12.3. The number of halogens is 3. The number of amides is 1. The molecule has 0 aliphatic rings. The number of rotatable bonds is 4. The van der Waals surface area contributed by atoms with Gasteiger partial charge in [0.1, 0.15) is 11.6 Å². The Morgan fingerprint density at radius 2 is 1.74 bits per heavy atom. The van der Waals surface area contributed by atoms with Crippen molar-refractivity contribution < 1.29 is 32.2 Å². The molecule has 1 N–H and O–H groups in total. The summed E-state index contributed by atoms with van der Waals surface area (Å²) >= 11 is 0. The van der Waals surface area contributed by atoms with Gasteiger partial charge in [-0.25, -0.2) is 9.59 Å². The fraction of sp³-hybridized carbons (Fsp3) is 0.818. The second-order valence-corrected chi connectivity index (χ2v) is 4.77. The Balaban J connectivity index is 4.76. The first kappa shape index (κ1) is 17.5. The van der Waals surface area contributed by atoms with Crippen LogP contribution in [-0.2, 0) is 14.3 Å². The summed E-state index contributed by atoms with van der Waals surface area (Å²) in [7, 11) is 0. The molecule has 0 fully saturated rings. The van der Waals surface area contributed by atoms with Crippen LogP contribution in [-0.4, -0.2) is 36.5 Å². The molecule has 19 heavy (non-hydrogen) atoms. The van der Waals surface area contributed by atoms with Crippen molar-refractivity contribution in [3.05, 3.63) is 0 Å². The van der Waals surface area contributed by atoms with Crippen molar-refractivity contribution in [3.63, 3.8) is 0 Å². The molecule has 8 heteroatoms. The normalized spacial score (nSPS) is 13.6. The van der Waals surface area contributed by atoms with Crippen LogP contribution in [0.3, 0.4) is 0 Å². The summed E-state index contributed by atoms with van der Waals surface area (Å²) in [6.07, 6.45) is -7.22. The lowest BCUT2D eigenvalue weighted by molar-refractivity contribution is -0.170. The number of alkyl carbamates (subject to hydrolysis) is 1. The molecule has 0 aliphatic heterocycles. The van der Waals surface area contributed by atoms with Gasteiger partial charge in [-0.1, -0.05) is 0 Å². The molecule has 0 aliphatic carbocycles. The third-order valence-electron chi connectivity index (χ3n) is 1.69. The minimum absolute atomic E-state index is 0.0150. The summed E-state index contributed by atoms with van der Waals surface area (Å²) in [5, 5.41) is 1.84. The van der Waals surface area contributed by atoms with E-state index in [1.165, 1.54) is 27.7 Å². The summed E-state index contributed by atoms with van der Waals surface area (Å²) < 4.78 is 46.3. The van der Waals surface area contributed by atoms with Crippen molar-refractivity contribution in [2.45, 2.75) is 51.9 Å². The van der Waals surface area contributed by atoms with Crippen LogP contribution in [0.15, 0.2) is 0 Å². The average molecular weight is 285 g/mol. The van der Waals surface area contributed by atoms with E-state index in [0.29, 0.717) is 0 Å². The van der Waals surface area contributed by atoms with E-state index < -0.39 is 36.3 Å². The quantitative estimate of drug-likeness (QED) is 0.805. The monoisotopic (exact) mass is 285 g/mol. The third-order valence-corrected chi connectivity index (χ3v) is 1.69. The summed E-state index contributed by atoms with van der Waals surface area (Å²) in [4.78, 5) is 22.7. The molecule has 0 spiro atoms. The lowest BCUT2D eigenvalue weighted by Crippen LogP contribution is -2.46. The van der Waals surface area contributed by atoms with E-state index in [2.05, 4.69) is 4.74 Å². The number of hydrogen-bond acceptors (Lipinski definition) is 4. The number of carbonyl (C=O) groups is 2. The van der Waals surface area contributed by atoms with Crippen molar-refractivity contribution in [3.8, 4) is 0 Å². The molecule has 0 aromatic carbocycles. The first-order valence-corrected chi connectivity index (χ1v) is 5.67. The zero-order valence-corrected chi connectivity index (χ0v) is 11.3. The Hall–Kier alpha value is -1.47. The van der Waals surface area contributed by atoms with Gasteiger partial charge in [-0.05, 0) is 27.7 Å². The molecule has 0 heterocycles. The van der Waals surface area contributed by atoms with E-state index in [0.717, 1.165) is 0 Å². The largest absolute Gasteiger partial charge is 0.458 e. The lowest BCUT2D eigenvalue weighted by Gasteiger charge is -2.24. The Morgan fingerprint density at radius 1 is 1.21 bits per heavy atom. The molecule has 0 aromatic rings. The highest BCUT2D eigenvalue weighted by Crippen LogP contribution is 2.23. The highest BCUT2D eigenvalue weighted by molar-refractivity contribution is 5.81. The van der Waals surface area contributed by atoms with Crippen LogP contribution in [0.1, 0.15) is 34.1 Å². The van der Waals surface area contributed by atoms with E-state index >= 15 is 0 Å². The van der Waals surface area contributed by atoms with E-state index in [1.807, 2.05) is 5.32 Å². The fourth-order valence-electron chi connectivity index (χ4n) is 1.11. The molecule has 112 valence electrons. The maximum Gasteiger partial charge on any atom is 0.407 e. The van der Waals surface area contributed by atoms with Crippen molar-refractivity contribution in [2.75, 3.05) is 6.61 Å². The van der Waals surface area contributed by atoms with E-state index in [9.17, 15) is 22.8 Å². The molecule has 5 nitrogen and oxygen atoms in total. The second kappa shape index (κ2) is 6.63. The molecule has 0 aromatic heterocycles. The first-order chi connectivity index (χ1) is 8.44. The minimum atomic E-state index is -4.61. The number of esters is 1.